The minimum absolute atomic E-state index is 1.02. The van der Waals surface area contributed by atoms with Gasteiger partial charge in [-0.3, -0.25) is 5.43 Å². The summed E-state index contributed by atoms with van der Waals surface area (Å²) in [5.74, 6) is 0. The van der Waals surface area contributed by atoms with Gasteiger partial charge in [0.25, 0.3) is 0 Å². The Morgan fingerprint density at radius 1 is 0.952 bits per heavy atom. The van der Waals surface area contributed by atoms with E-state index in [1.807, 2.05) is 30.3 Å². The number of aryl methyl sites for hydroxylation is 1. The zero-order valence-corrected chi connectivity index (χ0v) is 11.8. The van der Waals surface area contributed by atoms with Gasteiger partial charge in [0.1, 0.15) is 0 Å². The van der Waals surface area contributed by atoms with Gasteiger partial charge >= 0.3 is 0 Å². The molecule has 3 heteroatoms. The Kier molecular flexibility index (Phi) is 2.96. The number of nitrogens with zero attached hydrogens (tertiary/aromatic N) is 2. The molecule has 0 spiro atoms. The highest BCUT2D eigenvalue weighted by molar-refractivity contribution is 6.04. The maximum Gasteiger partial charge on any atom is 0.0844 e. The smallest absolute Gasteiger partial charge is 0.0844 e. The Balaban J connectivity index is 1.73. The fourth-order valence-electron chi connectivity index (χ4n) is 2.98. The number of hydrazone groups is 1. The molecule has 2 aromatic carbocycles. The van der Waals surface area contributed by atoms with Gasteiger partial charge in [-0.25, -0.2) is 0 Å². The summed E-state index contributed by atoms with van der Waals surface area (Å²) >= 11 is 0. The molecule has 0 radical (unpaired) electrons. The van der Waals surface area contributed by atoms with Crippen LogP contribution in [-0.4, -0.2) is 10.3 Å². The molecule has 21 heavy (non-hydrogen) atoms. The number of anilines is 1. The van der Waals surface area contributed by atoms with Crippen molar-refractivity contribution in [1.29, 1.82) is 0 Å². The zero-order chi connectivity index (χ0) is 14.1. The number of aromatic nitrogens is 1. The number of para-hydroxylation sites is 2. The van der Waals surface area contributed by atoms with E-state index >= 15 is 0 Å². The molecular weight excluding hydrogens is 258 g/mol. The van der Waals surface area contributed by atoms with Gasteiger partial charge in [-0.15, -0.1) is 0 Å². The molecule has 0 saturated heterocycles. The van der Waals surface area contributed by atoms with Crippen LogP contribution in [0, 0.1) is 0 Å². The molecule has 0 atom stereocenters. The molecule has 1 aliphatic heterocycles. The molecule has 1 aromatic heterocycles. The Morgan fingerprint density at radius 2 is 1.76 bits per heavy atom. The van der Waals surface area contributed by atoms with Gasteiger partial charge in [0.2, 0.25) is 0 Å². The van der Waals surface area contributed by atoms with E-state index in [1.165, 1.54) is 16.6 Å². The first-order chi connectivity index (χ1) is 10.4. The van der Waals surface area contributed by atoms with E-state index in [1.54, 1.807) is 0 Å². The highest BCUT2D eigenvalue weighted by atomic mass is 15.3. The number of hydrogen-bond donors (Lipinski definition) is 1. The SMILES string of the molecule is c1ccc(N/N=C2\CCCn3c2cc2ccccc23)cc1. The van der Waals surface area contributed by atoms with Crippen molar-refractivity contribution in [2.45, 2.75) is 19.4 Å². The standard InChI is InChI=1S/C18H17N3/c1-2-8-15(9-3-1)19-20-16-10-6-12-21-17-11-5-4-7-14(17)13-18(16)21/h1-5,7-9,11,13,19H,6,10,12H2/b20-16+. The second-order valence-electron chi connectivity index (χ2n) is 5.38. The van der Waals surface area contributed by atoms with Crippen LogP contribution in [0.4, 0.5) is 5.69 Å². The quantitative estimate of drug-likeness (QED) is 0.696. The lowest BCUT2D eigenvalue weighted by molar-refractivity contribution is 0.648. The van der Waals surface area contributed by atoms with E-state index in [9.17, 15) is 0 Å². The van der Waals surface area contributed by atoms with Gasteiger partial charge in [0, 0.05) is 17.4 Å². The normalized spacial score (nSPS) is 16.1. The largest absolute Gasteiger partial charge is 0.339 e. The van der Waals surface area contributed by atoms with Gasteiger partial charge < -0.3 is 4.57 Å². The third-order valence-corrected chi connectivity index (χ3v) is 4.00. The zero-order valence-electron chi connectivity index (χ0n) is 11.8. The van der Waals surface area contributed by atoms with Crippen LogP contribution < -0.4 is 5.43 Å². The maximum absolute atomic E-state index is 4.64. The monoisotopic (exact) mass is 275 g/mol. The summed E-state index contributed by atoms with van der Waals surface area (Å²) in [4.78, 5) is 0. The van der Waals surface area contributed by atoms with Crippen LogP contribution in [0.2, 0.25) is 0 Å². The van der Waals surface area contributed by atoms with Gasteiger partial charge in [0.05, 0.1) is 17.1 Å². The van der Waals surface area contributed by atoms with E-state index in [0.717, 1.165) is 30.8 Å². The number of hydrogen-bond acceptors (Lipinski definition) is 2. The highest BCUT2D eigenvalue weighted by Gasteiger charge is 2.18. The fraction of sp³-hybridized carbons (Fsp3) is 0.167. The molecule has 0 amide bonds. The molecule has 104 valence electrons. The first kappa shape index (κ1) is 12.2. The maximum atomic E-state index is 4.64. The lowest BCUT2D eigenvalue weighted by atomic mass is 10.1. The van der Waals surface area contributed by atoms with E-state index in [2.05, 4.69) is 45.4 Å². The topological polar surface area (TPSA) is 29.3 Å². The van der Waals surface area contributed by atoms with E-state index < -0.39 is 0 Å². The average molecular weight is 275 g/mol. The predicted molar refractivity (Wildman–Crippen MR) is 87.8 cm³/mol. The summed E-state index contributed by atoms with van der Waals surface area (Å²) in [5.41, 5.74) is 7.89. The summed E-state index contributed by atoms with van der Waals surface area (Å²) in [6.45, 7) is 1.08. The van der Waals surface area contributed by atoms with Crippen molar-refractivity contribution in [3.8, 4) is 0 Å². The molecule has 3 aromatic rings. The van der Waals surface area contributed by atoms with Crippen molar-refractivity contribution in [2.75, 3.05) is 5.43 Å². The second-order valence-corrected chi connectivity index (χ2v) is 5.38. The van der Waals surface area contributed by atoms with Crippen LogP contribution >= 0.6 is 0 Å². The summed E-state index contributed by atoms with van der Waals surface area (Å²) in [6.07, 6.45) is 2.16. The molecule has 1 N–H and O–H groups in total. The number of nitrogens with one attached hydrogen (secondary N) is 1. The molecule has 0 aliphatic carbocycles. The minimum atomic E-state index is 1.02. The van der Waals surface area contributed by atoms with Gasteiger partial charge in [0.15, 0.2) is 0 Å². The fourth-order valence-corrected chi connectivity index (χ4v) is 2.98. The van der Waals surface area contributed by atoms with E-state index in [4.69, 9.17) is 0 Å². The van der Waals surface area contributed by atoms with Gasteiger partial charge in [-0.05, 0) is 37.1 Å². The van der Waals surface area contributed by atoms with Crippen molar-refractivity contribution in [3.63, 3.8) is 0 Å². The van der Waals surface area contributed by atoms with Crippen molar-refractivity contribution in [3.05, 3.63) is 66.4 Å². The predicted octanol–water partition coefficient (Wildman–Crippen LogP) is 4.25. The summed E-state index contributed by atoms with van der Waals surface area (Å²) in [6, 6.07) is 20.9. The van der Waals surface area contributed by atoms with Crippen LogP contribution in [0.3, 0.4) is 0 Å². The van der Waals surface area contributed by atoms with Crippen molar-refractivity contribution < 1.29 is 0 Å². The van der Waals surface area contributed by atoms with Gasteiger partial charge in [-0.2, -0.15) is 5.10 Å². The molecule has 0 unspecified atom stereocenters. The van der Waals surface area contributed by atoms with Crippen LogP contribution in [0.5, 0.6) is 0 Å². The third kappa shape index (κ3) is 2.21. The lowest BCUT2D eigenvalue weighted by Gasteiger charge is -2.18. The minimum Gasteiger partial charge on any atom is -0.339 e. The summed E-state index contributed by atoms with van der Waals surface area (Å²) in [7, 11) is 0. The first-order valence-electron chi connectivity index (χ1n) is 7.38. The second kappa shape index (κ2) is 5.09. The third-order valence-electron chi connectivity index (χ3n) is 4.00. The number of rotatable bonds is 2. The number of benzene rings is 2. The Bertz CT molecular complexity index is 800. The van der Waals surface area contributed by atoms with Gasteiger partial charge in [-0.1, -0.05) is 36.4 Å². The molecule has 0 fully saturated rings. The average Bonchev–Trinajstić information content (AvgIpc) is 2.93. The van der Waals surface area contributed by atoms with Crippen molar-refractivity contribution >= 4 is 22.3 Å². The molecule has 2 heterocycles. The molecule has 0 saturated carbocycles. The Morgan fingerprint density at radius 3 is 2.67 bits per heavy atom. The summed E-state index contributed by atoms with van der Waals surface area (Å²) < 4.78 is 2.38. The lowest BCUT2D eigenvalue weighted by Crippen LogP contribution is -2.18. The summed E-state index contributed by atoms with van der Waals surface area (Å²) in [5, 5.41) is 5.93. The van der Waals surface area contributed by atoms with Crippen LogP contribution in [-0.2, 0) is 6.54 Å². The van der Waals surface area contributed by atoms with Crippen LogP contribution in [0.15, 0.2) is 65.8 Å². The molecular formula is C18H17N3. The molecule has 4 rings (SSSR count). The Labute approximate surface area is 123 Å². The Hall–Kier alpha value is -2.55. The van der Waals surface area contributed by atoms with E-state index in [-0.39, 0.29) is 0 Å². The van der Waals surface area contributed by atoms with E-state index in [0.29, 0.717) is 0 Å². The number of fused-ring (bicyclic) bond motifs is 3. The van der Waals surface area contributed by atoms with Crippen molar-refractivity contribution in [2.24, 2.45) is 5.10 Å². The highest BCUT2D eigenvalue weighted by Crippen LogP contribution is 2.25. The molecule has 0 bridgehead atoms. The van der Waals surface area contributed by atoms with Crippen LogP contribution in [0.1, 0.15) is 18.5 Å². The molecule has 1 aliphatic rings. The molecule has 3 nitrogen and oxygen atoms in total. The van der Waals surface area contributed by atoms with Crippen LogP contribution in [0.25, 0.3) is 10.9 Å². The first-order valence-corrected chi connectivity index (χ1v) is 7.38. The van der Waals surface area contributed by atoms with Crippen molar-refractivity contribution in [1.82, 2.24) is 4.57 Å².